The quantitative estimate of drug-likeness (QED) is 0.622. The van der Waals surface area contributed by atoms with E-state index in [0.29, 0.717) is 0 Å². The summed E-state index contributed by atoms with van der Waals surface area (Å²) in [5.74, 6) is -0.148. The van der Waals surface area contributed by atoms with Crippen molar-refractivity contribution >= 4 is 16.1 Å². The molecule has 0 unspecified atom stereocenters. The van der Waals surface area contributed by atoms with Gasteiger partial charge in [-0.1, -0.05) is 0 Å². The van der Waals surface area contributed by atoms with Crippen LogP contribution in [0.15, 0.2) is 6.33 Å². The van der Waals surface area contributed by atoms with Crippen molar-refractivity contribution in [2.24, 2.45) is 5.14 Å². The van der Waals surface area contributed by atoms with Crippen LogP contribution in [0.25, 0.3) is 0 Å². The van der Waals surface area contributed by atoms with Crippen LogP contribution in [0.4, 0.5) is 0 Å². The topological polar surface area (TPSA) is 125 Å². The second-order valence-electron chi connectivity index (χ2n) is 3.57. The predicted octanol–water partition coefficient (Wildman–Crippen LogP) is -2.23. The minimum absolute atomic E-state index is 0.147. The van der Waals surface area contributed by atoms with E-state index in [0.717, 1.165) is 4.31 Å². The number of hydrogen-bond acceptors (Lipinski definition) is 5. The van der Waals surface area contributed by atoms with Crippen LogP contribution in [0.5, 0.6) is 0 Å². The smallest absolute Gasteiger partial charge is 0.291 e. The monoisotopic (exact) mass is 260 g/mol. The lowest BCUT2D eigenvalue weighted by Gasteiger charge is -2.32. The van der Waals surface area contributed by atoms with E-state index < -0.39 is 10.2 Å². The van der Waals surface area contributed by atoms with Crippen molar-refractivity contribution < 1.29 is 13.2 Å². The van der Waals surface area contributed by atoms with Gasteiger partial charge in [-0.2, -0.15) is 17.8 Å². The molecular weight excluding hydrogens is 248 g/mol. The minimum Gasteiger partial charge on any atom is -0.333 e. The first-order valence-electron chi connectivity index (χ1n) is 4.91. The Balaban J connectivity index is 1.98. The summed E-state index contributed by atoms with van der Waals surface area (Å²) in [6.07, 6.45) is 1.24. The molecule has 0 saturated carbocycles. The Morgan fingerprint density at radius 3 is 2.47 bits per heavy atom. The van der Waals surface area contributed by atoms with Gasteiger partial charge in [0.25, 0.3) is 16.1 Å². The molecule has 0 aliphatic carbocycles. The zero-order valence-electron chi connectivity index (χ0n) is 8.90. The Kier molecular flexibility index (Phi) is 3.09. The molecule has 1 fully saturated rings. The standard InChI is InChI=1S/C7H12N6O3S/c8-17(15,16)13-3-1-12(2-4-13)7(14)6-9-5-10-11-6/h5H,1-4H2,(H2,8,15,16)(H,9,10,11). The first-order chi connectivity index (χ1) is 7.98. The number of piperazine rings is 1. The molecule has 17 heavy (non-hydrogen) atoms. The zero-order valence-corrected chi connectivity index (χ0v) is 9.72. The lowest BCUT2D eigenvalue weighted by atomic mass is 10.3. The van der Waals surface area contributed by atoms with E-state index >= 15 is 0 Å². The summed E-state index contributed by atoms with van der Waals surface area (Å²) in [7, 11) is -3.67. The highest BCUT2D eigenvalue weighted by Gasteiger charge is 2.27. The van der Waals surface area contributed by atoms with Crippen molar-refractivity contribution in [3.05, 3.63) is 12.2 Å². The normalized spacial score (nSPS) is 18.3. The molecule has 0 radical (unpaired) electrons. The number of amides is 1. The van der Waals surface area contributed by atoms with Crippen LogP contribution in [0.1, 0.15) is 10.6 Å². The van der Waals surface area contributed by atoms with Crippen LogP contribution < -0.4 is 5.14 Å². The number of nitrogens with one attached hydrogen (secondary N) is 1. The van der Waals surface area contributed by atoms with Crippen molar-refractivity contribution in [2.75, 3.05) is 26.2 Å². The highest BCUT2D eigenvalue weighted by atomic mass is 32.2. The molecule has 1 saturated heterocycles. The number of carbonyl (C=O) groups is 1. The van der Waals surface area contributed by atoms with Crippen LogP contribution in [0.3, 0.4) is 0 Å². The molecule has 1 aliphatic rings. The summed E-state index contributed by atoms with van der Waals surface area (Å²) in [5.41, 5.74) is 0. The van der Waals surface area contributed by atoms with Gasteiger partial charge in [-0.05, 0) is 0 Å². The van der Waals surface area contributed by atoms with Gasteiger partial charge < -0.3 is 4.90 Å². The van der Waals surface area contributed by atoms with Crippen molar-refractivity contribution in [1.29, 1.82) is 0 Å². The Labute approximate surface area is 97.8 Å². The third-order valence-electron chi connectivity index (χ3n) is 2.50. The summed E-state index contributed by atoms with van der Waals surface area (Å²) in [4.78, 5) is 17.1. The van der Waals surface area contributed by atoms with Crippen LogP contribution in [0.2, 0.25) is 0 Å². The number of aromatic nitrogens is 3. The molecule has 0 spiro atoms. The first kappa shape index (κ1) is 12.0. The summed E-state index contributed by atoms with van der Waals surface area (Å²) in [6, 6.07) is 0. The van der Waals surface area contributed by atoms with Crippen LogP contribution >= 0.6 is 0 Å². The van der Waals surface area contributed by atoms with E-state index in [2.05, 4.69) is 15.2 Å². The SMILES string of the molecule is NS(=O)(=O)N1CCN(C(=O)c2ncn[nH]2)CC1. The van der Waals surface area contributed by atoms with E-state index in [4.69, 9.17) is 5.14 Å². The largest absolute Gasteiger partial charge is 0.333 e. The summed E-state index contributed by atoms with van der Waals surface area (Å²) in [5, 5.41) is 11.0. The Bertz CT molecular complexity index is 490. The average molecular weight is 260 g/mol. The molecule has 1 aliphatic heterocycles. The fourth-order valence-electron chi connectivity index (χ4n) is 1.60. The zero-order chi connectivity index (χ0) is 12.5. The van der Waals surface area contributed by atoms with Crippen molar-refractivity contribution in [2.45, 2.75) is 0 Å². The maximum atomic E-state index is 11.8. The number of nitrogens with zero attached hydrogens (tertiary/aromatic N) is 4. The molecule has 9 nitrogen and oxygen atoms in total. The molecular formula is C7H12N6O3S. The summed E-state index contributed by atoms with van der Waals surface area (Å²) >= 11 is 0. The molecule has 2 rings (SSSR count). The number of aromatic amines is 1. The predicted molar refractivity (Wildman–Crippen MR) is 57.0 cm³/mol. The van der Waals surface area contributed by atoms with Gasteiger partial charge in [0.2, 0.25) is 5.82 Å². The van der Waals surface area contributed by atoms with Crippen LogP contribution in [-0.4, -0.2) is 64.9 Å². The third kappa shape index (κ3) is 2.60. The molecule has 2 heterocycles. The summed E-state index contributed by atoms with van der Waals surface area (Å²) < 4.78 is 23.3. The molecule has 1 aromatic rings. The second kappa shape index (κ2) is 4.39. The number of nitrogens with two attached hydrogens (primary N) is 1. The van der Waals surface area contributed by atoms with Crippen molar-refractivity contribution in [3.63, 3.8) is 0 Å². The molecule has 10 heteroatoms. The lowest BCUT2D eigenvalue weighted by Crippen LogP contribution is -2.52. The van der Waals surface area contributed by atoms with Crippen LogP contribution in [0, 0.1) is 0 Å². The highest BCUT2D eigenvalue weighted by molar-refractivity contribution is 7.86. The molecule has 0 atom stereocenters. The van der Waals surface area contributed by atoms with Gasteiger partial charge in [0.05, 0.1) is 0 Å². The minimum atomic E-state index is -3.67. The molecule has 3 N–H and O–H groups in total. The molecule has 94 valence electrons. The molecule has 0 bridgehead atoms. The van der Waals surface area contributed by atoms with E-state index in [1.165, 1.54) is 11.2 Å². The highest BCUT2D eigenvalue weighted by Crippen LogP contribution is 2.06. The third-order valence-corrected chi connectivity index (χ3v) is 3.59. The number of hydrogen-bond donors (Lipinski definition) is 2. The van der Waals surface area contributed by atoms with E-state index in [-0.39, 0.29) is 37.9 Å². The second-order valence-corrected chi connectivity index (χ2v) is 5.12. The van der Waals surface area contributed by atoms with Gasteiger partial charge in [-0.15, -0.1) is 0 Å². The molecule has 1 amide bonds. The number of H-pyrrole nitrogens is 1. The molecule has 0 aromatic carbocycles. The molecule has 1 aromatic heterocycles. The van der Waals surface area contributed by atoms with Gasteiger partial charge >= 0.3 is 0 Å². The average Bonchev–Trinajstić information content (AvgIpc) is 2.80. The fraction of sp³-hybridized carbons (Fsp3) is 0.571. The maximum absolute atomic E-state index is 11.8. The van der Waals surface area contributed by atoms with Crippen molar-refractivity contribution in [3.8, 4) is 0 Å². The van der Waals surface area contributed by atoms with E-state index in [1.807, 2.05) is 0 Å². The van der Waals surface area contributed by atoms with E-state index in [1.54, 1.807) is 0 Å². The number of rotatable bonds is 2. The van der Waals surface area contributed by atoms with Crippen LogP contribution in [-0.2, 0) is 10.2 Å². The first-order valence-corrected chi connectivity index (χ1v) is 6.41. The Morgan fingerprint density at radius 2 is 2.00 bits per heavy atom. The lowest BCUT2D eigenvalue weighted by molar-refractivity contribution is 0.0686. The summed E-state index contributed by atoms with van der Waals surface area (Å²) in [6.45, 7) is 0.962. The Morgan fingerprint density at radius 1 is 1.35 bits per heavy atom. The van der Waals surface area contributed by atoms with Gasteiger partial charge in [0.15, 0.2) is 0 Å². The van der Waals surface area contributed by atoms with Gasteiger partial charge in [-0.25, -0.2) is 10.1 Å². The maximum Gasteiger partial charge on any atom is 0.291 e. The van der Waals surface area contributed by atoms with Gasteiger partial charge in [-0.3, -0.25) is 9.89 Å². The van der Waals surface area contributed by atoms with Gasteiger partial charge in [0, 0.05) is 26.2 Å². The fourth-order valence-corrected chi connectivity index (χ4v) is 2.28. The Hall–Kier alpha value is -1.52. The van der Waals surface area contributed by atoms with E-state index in [9.17, 15) is 13.2 Å². The number of carbonyl (C=O) groups excluding carboxylic acids is 1. The van der Waals surface area contributed by atoms with Crippen molar-refractivity contribution in [1.82, 2.24) is 24.4 Å². The van der Waals surface area contributed by atoms with Gasteiger partial charge in [0.1, 0.15) is 6.33 Å².